The molecule has 0 amide bonds. The van der Waals surface area contributed by atoms with E-state index in [-0.39, 0.29) is 0 Å². The quantitative estimate of drug-likeness (QED) is 0.894. The molecule has 0 unspecified atom stereocenters. The summed E-state index contributed by atoms with van der Waals surface area (Å²) in [7, 11) is 0. The Morgan fingerprint density at radius 1 is 1.44 bits per heavy atom. The van der Waals surface area contributed by atoms with Gasteiger partial charge in [0.1, 0.15) is 0 Å². The van der Waals surface area contributed by atoms with Crippen LogP contribution in [0.3, 0.4) is 0 Å². The van der Waals surface area contributed by atoms with Crippen LogP contribution in [-0.4, -0.2) is 27.6 Å². The molecular weight excluding hydrogens is 232 g/mol. The number of carboxylic acid groups (broad SMARTS) is 1. The maximum absolute atomic E-state index is 10.6. The fourth-order valence-corrected chi connectivity index (χ4v) is 2.83. The maximum Gasteiger partial charge on any atom is 0.432 e. The Bertz CT molecular complexity index is 449. The molecule has 1 aliphatic rings. The van der Waals surface area contributed by atoms with Crippen molar-refractivity contribution in [1.29, 1.82) is 0 Å². The van der Waals surface area contributed by atoms with E-state index in [4.69, 9.17) is 9.84 Å². The molecule has 1 saturated carbocycles. The van der Waals surface area contributed by atoms with Crippen LogP contribution in [0, 0.1) is 16.7 Å². The van der Waals surface area contributed by atoms with E-state index in [1.807, 2.05) is 0 Å². The Kier molecular flexibility index (Phi) is 2.87. The number of hydrogen-bond acceptors (Lipinski definition) is 3. The van der Waals surface area contributed by atoms with Crippen LogP contribution in [0.15, 0.2) is 12.3 Å². The lowest BCUT2D eigenvalue weighted by atomic mass is 10.0. The maximum atomic E-state index is 10.6. The van der Waals surface area contributed by atoms with Crippen LogP contribution in [0.4, 0.5) is 4.79 Å². The van der Waals surface area contributed by atoms with Crippen molar-refractivity contribution in [3.63, 3.8) is 0 Å². The van der Waals surface area contributed by atoms with Gasteiger partial charge in [-0.15, -0.1) is 5.10 Å². The van der Waals surface area contributed by atoms with Crippen LogP contribution in [-0.2, 0) is 0 Å². The number of rotatable bonds is 4. The van der Waals surface area contributed by atoms with Crippen molar-refractivity contribution < 1.29 is 14.6 Å². The van der Waals surface area contributed by atoms with Gasteiger partial charge in [0, 0.05) is 12.3 Å². The summed E-state index contributed by atoms with van der Waals surface area (Å²) < 4.78 is 6.33. The van der Waals surface area contributed by atoms with Gasteiger partial charge in [0.15, 0.2) is 0 Å². The van der Waals surface area contributed by atoms with Crippen LogP contribution in [0.5, 0.6) is 5.88 Å². The van der Waals surface area contributed by atoms with Crippen LogP contribution in [0.1, 0.15) is 34.1 Å². The summed E-state index contributed by atoms with van der Waals surface area (Å²) in [6.45, 7) is 9.68. The highest BCUT2D eigenvalue weighted by Crippen LogP contribution is 2.69. The van der Waals surface area contributed by atoms with Crippen LogP contribution >= 0.6 is 0 Å². The summed E-state index contributed by atoms with van der Waals surface area (Å²) in [5.41, 5.74) is 0.716. The topological polar surface area (TPSA) is 64.3 Å². The number of aromatic nitrogens is 2. The molecule has 2 rings (SSSR count). The van der Waals surface area contributed by atoms with Crippen molar-refractivity contribution in [1.82, 2.24) is 9.78 Å². The summed E-state index contributed by atoms with van der Waals surface area (Å²) in [4.78, 5) is 10.6. The third-order valence-electron chi connectivity index (χ3n) is 4.74. The monoisotopic (exact) mass is 252 g/mol. The third-order valence-corrected chi connectivity index (χ3v) is 4.74. The normalized spacial score (nSPS) is 20.7. The van der Waals surface area contributed by atoms with E-state index in [2.05, 4.69) is 32.8 Å². The zero-order valence-corrected chi connectivity index (χ0v) is 11.3. The number of ether oxygens (including phenoxy) is 1. The molecule has 5 nitrogen and oxygen atoms in total. The molecule has 0 atom stereocenters. The molecule has 1 aromatic rings. The average Bonchev–Trinajstić information content (AvgIpc) is 2.67. The standard InChI is InChI=1S/C13H20N2O3/c1-12(2)9(13(12,3)4)6-8-18-10-5-7-15(14-10)11(16)17/h5,7,9H,6,8H2,1-4H3,(H,16,17). The van der Waals surface area contributed by atoms with Crippen molar-refractivity contribution >= 4 is 6.09 Å². The molecule has 100 valence electrons. The van der Waals surface area contributed by atoms with Crippen molar-refractivity contribution in [2.45, 2.75) is 34.1 Å². The highest BCUT2D eigenvalue weighted by molar-refractivity contribution is 5.66. The van der Waals surface area contributed by atoms with Crippen molar-refractivity contribution in [2.75, 3.05) is 6.61 Å². The Morgan fingerprint density at radius 2 is 2.06 bits per heavy atom. The van der Waals surface area contributed by atoms with E-state index in [1.54, 1.807) is 6.07 Å². The molecule has 1 aliphatic carbocycles. The lowest BCUT2D eigenvalue weighted by Gasteiger charge is -2.04. The molecule has 5 heteroatoms. The number of nitrogens with zero attached hydrogens (tertiary/aromatic N) is 2. The SMILES string of the molecule is CC1(C)C(CCOc2ccn(C(=O)O)n2)C1(C)C. The third kappa shape index (κ3) is 1.98. The summed E-state index contributed by atoms with van der Waals surface area (Å²) in [6.07, 6.45) is 1.25. The van der Waals surface area contributed by atoms with Gasteiger partial charge in [-0.05, 0) is 23.2 Å². The van der Waals surface area contributed by atoms with E-state index >= 15 is 0 Å². The molecule has 0 aromatic carbocycles. The van der Waals surface area contributed by atoms with E-state index in [0.29, 0.717) is 29.2 Å². The second kappa shape index (κ2) is 4.00. The minimum Gasteiger partial charge on any atom is -0.477 e. The summed E-state index contributed by atoms with van der Waals surface area (Å²) >= 11 is 0. The number of hydrogen-bond donors (Lipinski definition) is 1. The average molecular weight is 252 g/mol. The first kappa shape index (κ1) is 12.9. The minimum atomic E-state index is -1.10. The Balaban J connectivity index is 1.81. The largest absolute Gasteiger partial charge is 0.477 e. The molecule has 1 N–H and O–H groups in total. The molecule has 1 fully saturated rings. The van der Waals surface area contributed by atoms with Gasteiger partial charge < -0.3 is 9.84 Å². The molecule has 0 bridgehead atoms. The van der Waals surface area contributed by atoms with Gasteiger partial charge in [0.05, 0.1) is 6.61 Å². The number of carbonyl (C=O) groups is 1. The fraction of sp³-hybridized carbons (Fsp3) is 0.692. The molecule has 0 saturated heterocycles. The second-order valence-electron chi connectivity index (χ2n) is 6.01. The lowest BCUT2D eigenvalue weighted by Crippen LogP contribution is -2.09. The van der Waals surface area contributed by atoms with E-state index in [0.717, 1.165) is 11.1 Å². The molecule has 0 radical (unpaired) electrons. The van der Waals surface area contributed by atoms with Crippen LogP contribution < -0.4 is 4.74 Å². The first-order valence-electron chi connectivity index (χ1n) is 6.18. The van der Waals surface area contributed by atoms with Gasteiger partial charge in [0.2, 0.25) is 5.88 Å². The highest BCUT2D eigenvalue weighted by atomic mass is 16.5. The van der Waals surface area contributed by atoms with Crippen molar-refractivity contribution in [3.05, 3.63) is 12.3 Å². The molecule has 18 heavy (non-hydrogen) atoms. The van der Waals surface area contributed by atoms with Gasteiger partial charge in [-0.3, -0.25) is 0 Å². The van der Waals surface area contributed by atoms with Gasteiger partial charge in [-0.2, -0.15) is 4.68 Å². The summed E-state index contributed by atoms with van der Waals surface area (Å²) in [5, 5.41) is 12.5. The molecular formula is C13H20N2O3. The summed E-state index contributed by atoms with van der Waals surface area (Å²) in [6, 6.07) is 1.57. The first-order valence-corrected chi connectivity index (χ1v) is 6.18. The van der Waals surface area contributed by atoms with Crippen LogP contribution in [0.25, 0.3) is 0 Å². The van der Waals surface area contributed by atoms with E-state index in [9.17, 15) is 4.79 Å². The summed E-state index contributed by atoms with van der Waals surface area (Å²) in [5.74, 6) is 1.01. The van der Waals surface area contributed by atoms with Crippen molar-refractivity contribution in [2.24, 2.45) is 16.7 Å². The van der Waals surface area contributed by atoms with Gasteiger partial charge in [-0.25, -0.2) is 4.79 Å². The van der Waals surface area contributed by atoms with Crippen LogP contribution in [0.2, 0.25) is 0 Å². The molecule has 0 spiro atoms. The molecule has 0 aliphatic heterocycles. The van der Waals surface area contributed by atoms with Gasteiger partial charge in [-0.1, -0.05) is 27.7 Å². The predicted molar refractivity (Wildman–Crippen MR) is 66.8 cm³/mol. The predicted octanol–water partition coefficient (Wildman–Crippen LogP) is 2.86. The Morgan fingerprint density at radius 3 is 2.50 bits per heavy atom. The zero-order valence-electron chi connectivity index (χ0n) is 11.3. The fourth-order valence-electron chi connectivity index (χ4n) is 2.83. The molecule has 1 heterocycles. The van der Waals surface area contributed by atoms with Gasteiger partial charge >= 0.3 is 6.09 Å². The zero-order chi connectivity index (χ0) is 13.6. The lowest BCUT2D eigenvalue weighted by molar-refractivity contribution is 0.191. The first-order chi connectivity index (χ1) is 8.26. The second-order valence-corrected chi connectivity index (χ2v) is 6.01. The smallest absolute Gasteiger partial charge is 0.432 e. The van der Waals surface area contributed by atoms with Crippen molar-refractivity contribution in [3.8, 4) is 5.88 Å². The van der Waals surface area contributed by atoms with E-state index in [1.165, 1.54) is 6.20 Å². The van der Waals surface area contributed by atoms with E-state index < -0.39 is 6.09 Å². The molecule has 1 aromatic heterocycles. The minimum absolute atomic E-state index is 0.358. The van der Waals surface area contributed by atoms with Gasteiger partial charge in [0.25, 0.3) is 0 Å². The Hall–Kier alpha value is -1.52. The highest BCUT2D eigenvalue weighted by Gasteiger charge is 2.63. The Labute approximate surface area is 107 Å².